The maximum atomic E-state index is 12.7. The Balaban J connectivity index is 0.000000267. The van der Waals surface area contributed by atoms with Crippen LogP contribution in [0.4, 0.5) is 26.3 Å². The van der Waals surface area contributed by atoms with Crippen LogP contribution in [0, 0.1) is 0 Å². The molecule has 0 aliphatic heterocycles. The van der Waals surface area contributed by atoms with E-state index in [9.17, 15) is 35.9 Å². The van der Waals surface area contributed by atoms with E-state index in [-0.39, 0.29) is 49.4 Å². The van der Waals surface area contributed by atoms with Gasteiger partial charge in [0.15, 0.2) is 0 Å². The summed E-state index contributed by atoms with van der Waals surface area (Å²) in [6, 6.07) is 9.15. The minimum atomic E-state index is -4.60. The van der Waals surface area contributed by atoms with Crippen LogP contribution in [0.25, 0.3) is 21.8 Å². The van der Waals surface area contributed by atoms with E-state index in [1.807, 2.05) is 0 Å². The quantitative estimate of drug-likeness (QED) is 0.123. The zero-order valence-corrected chi connectivity index (χ0v) is 29.7. The van der Waals surface area contributed by atoms with Crippen molar-refractivity contribution in [3.05, 3.63) is 71.0 Å². The molecule has 8 nitrogen and oxygen atoms in total. The van der Waals surface area contributed by atoms with Gasteiger partial charge in [-0.2, -0.15) is 26.3 Å². The summed E-state index contributed by atoms with van der Waals surface area (Å²) in [6.45, 7) is 0. The Hall–Kier alpha value is -1.85. The Morgan fingerprint density at radius 1 is 0.698 bits per heavy atom. The third kappa shape index (κ3) is 10.1. The van der Waals surface area contributed by atoms with Crippen molar-refractivity contribution in [2.24, 2.45) is 0 Å². The van der Waals surface area contributed by atoms with Crippen LogP contribution in [0.3, 0.4) is 0 Å². The van der Waals surface area contributed by atoms with E-state index >= 15 is 0 Å². The molecule has 2 aromatic heterocycles. The van der Waals surface area contributed by atoms with Gasteiger partial charge in [-0.1, -0.05) is 0 Å². The van der Waals surface area contributed by atoms with Crippen molar-refractivity contribution in [2.45, 2.75) is 12.4 Å². The van der Waals surface area contributed by atoms with E-state index in [0.717, 1.165) is 18.2 Å². The standard InChI is InChI=1S/C13H10F3NO3.C12H8F3NO3.3HI.V/c1-19-9-5-3-8(12(18)20-2)7-4-6-10(13(14,15)16)17-11(7)9;1-19-8-4-2-7(11(17)18)6-3-5-9(12(13,14)15)16-10(6)8;;;;/h3-6H,1-2H3;2-5H,1H3,(H,17,18);3*1H;/q;;;;;+3/p-3. The first-order valence-corrected chi connectivity index (χ1v) is 24.7. The fraction of sp³-hybridized carbons (Fsp3) is 0.200. The van der Waals surface area contributed by atoms with E-state index in [1.165, 1.54) is 51.7 Å². The van der Waals surface area contributed by atoms with Crippen LogP contribution >= 0.6 is 59.9 Å². The van der Waals surface area contributed by atoms with Gasteiger partial charge in [0.05, 0.1) is 32.5 Å². The fourth-order valence-electron chi connectivity index (χ4n) is 3.50. The summed E-state index contributed by atoms with van der Waals surface area (Å²) in [5.74, 6) is -1.65. The Kier molecular flexibility index (Phi) is 13.8. The van der Waals surface area contributed by atoms with Crippen LogP contribution in [-0.4, -0.2) is 48.3 Å². The van der Waals surface area contributed by atoms with E-state index < -0.39 is 35.7 Å². The second-order valence-corrected chi connectivity index (χ2v) is 43.2. The molecule has 0 spiro atoms. The number of benzene rings is 2. The van der Waals surface area contributed by atoms with Crippen molar-refractivity contribution in [3.8, 4) is 11.5 Å². The molecule has 2 aromatic carbocycles. The van der Waals surface area contributed by atoms with Gasteiger partial charge in [-0.05, 0) is 48.5 Å². The van der Waals surface area contributed by atoms with Crippen molar-refractivity contribution in [1.29, 1.82) is 0 Å². The number of alkyl halides is 6. The number of esters is 1. The fourth-order valence-corrected chi connectivity index (χ4v) is 3.50. The van der Waals surface area contributed by atoms with Crippen molar-refractivity contribution in [3.63, 3.8) is 0 Å². The predicted octanol–water partition coefficient (Wildman–Crippen LogP) is 8.66. The topological polar surface area (TPSA) is 108 Å². The summed E-state index contributed by atoms with van der Waals surface area (Å²) in [5, 5.41) is 9.32. The number of hydrogen-bond acceptors (Lipinski definition) is 7. The van der Waals surface area contributed by atoms with Gasteiger partial charge in [0, 0.05) is 10.8 Å². The number of carbonyl (C=O) groups is 2. The zero-order chi connectivity index (χ0) is 32.7. The molecule has 0 bridgehead atoms. The summed E-state index contributed by atoms with van der Waals surface area (Å²) in [6.07, 6.45) is -9.17. The van der Waals surface area contributed by atoms with E-state index in [1.54, 1.807) is 0 Å². The number of fused-ring (bicyclic) bond motifs is 2. The molecule has 18 heteroatoms. The van der Waals surface area contributed by atoms with E-state index in [2.05, 4.69) is 74.6 Å². The van der Waals surface area contributed by atoms with Crippen LogP contribution in [0.1, 0.15) is 32.1 Å². The van der Waals surface area contributed by atoms with E-state index in [4.69, 9.17) is 14.6 Å². The van der Waals surface area contributed by atoms with Crippen LogP contribution in [0.5, 0.6) is 11.5 Å². The zero-order valence-electron chi connectivity index (χ0n) is 21.9. The molecule has 0 fully saturated rings. The Bertz CT molecular complexity index is 1620. The van der Waals surface area contributed by atoms with Gasteiger partial charge >= 0.3 is 89.1 Å². The van der Waals surface area contributed by atoms with E-state index in [0.29, 0.717) is 0 Å². The Morgan fingerprint density at radius 3 is 1.40 bits per heavy atom. The SMILES string of the molecule is COC(=O)c1ccc(OC)c2nc(C(F)(F)F)ccc12.COc1ccc(C(=O)O)c2ccc(C(F)(F)F)nc12.[I][V]([I])[I]. The molecule has 4 rings (SSSR count). The number of methoxy groups -OCH3 is 3. The number of rotatable bonds is 4. The van der Waals surface area contributed by atoms with Gasteiger partial charge in [-0.15, -0.1) is 0 Å². The minimum absolute atomic E-state index is 0.0368. The number of carboxylic acid groups (broad SMARTS) is 1. The number of halogens is 9. The second-order valence-electron chi connectivity index (χ2n) is 7.80. The first-order valence-electron chi connectivity index (χ1n) is 11.1. The second kappa shape index (κ2) is 15.9. The summed E-state index contributed by atoms with van der Waals surface area (Å²) in [5.41, 5.74) is -2.31. The van der Waals surface area contributed by atoms with Gasteiger partial charge in [0.2, 0.25) is 0 Å². The third-order valence-corrected chi connectivity index (χ3v) is 5.30. The molecule has 0 atom stereocenters. The summed E-state index contributed by atoms with van der Waals surface area (Å²) < 4.78 is 90.3. The summed E-state index contributed by atoms with van der Waals surface area (Å²) in [7, 11) is 3.78. The molecule has 0 radical (unpaired) electrons. The van der Waals surface area contributed by atoms with Gasteiger partial charge < -0.3 is 19.3 Å². The Labute approximate surface area is 277 Å². The summed E-state index contributed by atoms with van der Waals surface area (Å²) in [4.78, 5) is 29.3. The predicted molar refractivity (Wildman–Crippen MR) is 167 cm³/mol. The molecule has 0 aliphatic carbocycles. The van der Waals surface area contributed by atoms with Crippen molar-refractivity contribution in [1.82, 2.24) is 9.97 Å². The van der Waals surface area contributed by atoms with Crippen molar-refractivity contribution < 1.29 is 60.2 Å². The van der Waals surface area contributed by atoms with Gasteiger partial charge in [-0.3, -0.25) is 0 Å². The average molecular weight is 988 g/mol. The number of carboxylic acids is 1. The summed E-state index contributed by atoms with van der Waals surface area (Å²) >= 11 is 7.39. The monoisotopic (exact) mass is 988 g/mol. The number of aromatic carboxylic acids is 1. The molecular weight excluding hydrogens is 970 g/mol. The van der Waals surface area contributed by atoms with Gasteiger partial charge in [-0.25, -0.2) is 19.6 Å². The Morgan fingerprint density at radius 2 is 1.07 bits per heavy atom. The van der Waals surface area contributed by atoms with Crippen LogP contribution < -0.4 is 9.47 Å². The molecule has 0 unspecified atom stereocenters. The molecule has 232 valence electrons. The molecule has 0 saturated carbocycles. The van der Waals surface area contributed by atoms with Crippen LogP contribution in [0.15, 0.2) is 48.5 Å². The first-order chi connectivity index (χ1) is 20.0. The number of pyridine rings is 2. The number of aromatic nitrogens is 2. The molecule has 4 aromatic rings. The maximum absolute atomic E-state index is 12.7. The molecule has 1 N–H and O–H groups in total. The normalized spacial score (nSPS) is 11.3. The third-order valence-electron chi connectivity index (χ3n) is 5.30. The van der Waals surface area contributed by atoms with Gasteiger partial charge in [0.25, 0.3) is 0 Å². The number of ether oxygens (including phenoxy) is 3. The van der Waals surface area contributed by atoms with Crippen molar-refractivity contribution >= 4 is 93.7 Å². The van der Waals surface area contributed by atoms with Gasteiger partial charge in [0.1, 0.15) is 33.9 Å². The average Bonchev–Trinajstić information content (AvgIpc) is 2.93. The molecule has 0 saturated heterocycles. The van der Waals surface area contributed by atoms with Crippen LogP contribution in [-0.2, 0) is 22.0 Å². The molecule has 0 amide bonds. The first kappa shape index (κ1) is 37.3. The molecule has 43 heavy (non-hydrogen) atoms. The molecule has 0 aliphatic rings. The number of hydrogen-bond donors (Lipinski definition) is 1. The molecule has 2 heterocycles. The number of nitrogens with zero attached hydrogens (tertiary/aromatic N) is 2. The molecular formula is C25H18F6I3N2O6V. The number of carbonyl (C=O) groups excluding carboxylic acids is 1. The van der Waals surface area contributed by atoms with Crippen LogP contribution in [0.2, 0.25) is 0 Å². The van der Waals surface area contributed by atoms with Crippen molar-refractivity contribution in [2.75, 3.05) is 21.3 Å².